The summed E-state index contributed by atoms with van der Waals surface area (Å²) in [5.74, 6) is 0.936. The first-order valence-electron chi connectivity index (χ1n) is 7.16. The molecule has 0 fully saturated rings. The van der Waals surface area contributed by atoms with E-state index in [9.17, 15) is 14.4 Å². The number of Topliss-reactive ketones (excluding diaryl/α,β-unsaturated/α-hetero) is 1. The molecule has 0 bridgehead atoms. The van der Waals surface area contributed by atoms with Crippen LogP contribution < -0.4 is 21.7 Å². The average molecular weight is 349 g/mol. The fraction of sp³-hybridized carbons (Fsp3) is 0.312. The Labute approximate surface area is 143 Å². The Morgan fingerprint density at radius 1 is 1.25 bits per heavy atom. The van der Waals surface area contributed by atoms with Crippen LogP contribution in [0.4, 0.5) is 5.82 Å². The second kappa shape index (κ2) is 7.39. The summed E-state index contributed by atoms with van der Waals surface area (Å²) in [6.45, 7) is 0. The van der Waals surface area contributed by atoms with Gasteiger partial charge in [0.25, 0.3) is 5.56 Å². The van der Waals surface area contributed by atoms with Crippen molar-refractivity contribution in [2.45, 2.75) is 5.75 Å². The zero-order chi connectivity index (χ0) is 17.9. The standard InChI is InChI=1S/C16H19N3O4S/c1-18-14(17)13(15(21)19(2)16(18)22)12(20)9-24-8-10-5-4-6-11(7-10)23-3/h4-7H,8-9,17H2,1-3H3. The van der Waals surface area contributed by atoms with E-state index in [-0.39, 0.29) is 17.1 Å². The molecule has 2 aromatic rings. The number of methoxy groups -OCH3 is 1. The van der Waals surface area contributed by atoms with Gasteiger partial charge in [-0.05, 0) is 17.7 Å². The normalized spacial score (nSPS) is 10.6. The number of thioether (sulfide) groups is 1. The Kier molecular flexibility index (Phi) is 5.50. The van der Waals surface area contributed by atoms with Crippen molar-refractivity contribution in [1.29, 1.82) is 0 Å². The maximum absolute atomic E-state index is 12.4. The van der Waals surface area contributed by atoms with Crippen LogP contribution in [0.5, 0.6) is 5.75 Å². The highest BCUT2D eigenvalue weighted by Gasteiger charge is 2.19. The predicted molar refractivity (Wildman–Crippen MR) is 94.8 cm³/mol. The van der Waals surface area contributed by atoms with Crippen molar-refractivity contribution in [3.05, 3.63) is 56.2 Å². The summed E-state index contributed by atoms with van der Waals surface area (Å²) < 4.78 is 7.14. The lowest BCUT2D eigenvalue weighted by Gasteiger charge is -2.10. The van der Waals surface area contributed by atoms with Crippen molar-refractivity contribution >= 4 is 23.4 Å². The first kappa shape index (κ1) is 17.9. The van der Waals surface area contributed by atoms with Crippen molar-refractivity contribution in [2.24, 2.45) is 14.1 Å². The molecule has 0 aliphatic heterocycles. The van der Waals surface area contributed by atoms with Gasteiger partial charge in [0, 0.05) is 19.8 Å². The lowest BCUT2D eigenvalue weighted by atomic mass is 10.2. The minimum atomic E-state index is -0.664. The number of hydrogen-bond donors (Lipinski definition) is 1. The van der Waals surface area contributed by atoms with Gasteiger partial charge in [0.2, 0.25) is 0 Å². The number of carbonyl (C=O) groups excluding carboxylic acids is 1. The average Bonchev–Trinajstić information content (AvgIpc) is 2.58. The second-order valence-electron chi connectivity index (χ2n) is 5.23. The molecule has 7 nitrogen and oxygen atoms in total. The molecule has 1 aromatic carbocycles. The summed E-state index contributed by atoms with van der Waals surface area (Å²) in [6, 6.07) is 7.53. The first-order valence-corrected chi connectivity index (χ1v) is 8.31. The van der Waals surface area contributed by atoms with E-state index in [1.807, 2.05) is 24.3 Å². The van der Waals surface area contributed by atoms with E-state index in [0.717, 1.165) is 20.4 Å². The second-order valence-corrected chi connectivity index (χ2v) is 6.22. The third-order valence-corrected chi connectivity index (χ3v) is 4.63. The summed E-state index contributed by atoms with van der Waals surface area (Å²) in [5, 5.41) is 0. The minimum Gasteiger partial charge on any atom is -0.497 e. The van der Waals surface area contributed by atoms with Crippen molar-refractivity contribution in [1.82, 2.24) is 9.13 Å². The van der Waals surface area contributed by atoms with Crippen molar-refractivity contribution in [3.63, 3.8) is 0 Å². The Balaban J connectivity index is 2.14. The number of nitrogens with two attached hydrogens (primary N) is 1. The molecular formula is C16H19N3O4S. The van der Waals surface area contributed by atoms with Crippen LogP contribution in [0.3, 0.4) is 0 Å². The van der Waals surface area contributed by atoms with Gasteiger partial charge in [0.1, 0.15) is 17.1 Å². The topological polar surface area (TPSA) is 96.3 Å². The van der Waals surface area contributed by atoms with E-state index in [1.54, 1.807) is 7.11 Å². The number of benzene rings is 1. The maximum Gasteiger partial charge on any atom is 0.332 e. The van der Waals surface area contributed by atoms with E-state index in [0.29, 0.717) is 5.75 Å². The number of ether oxygens (including phenoxy) is 1. The smallest absolute Gasteiger partial charge is 0.332 e. The first-order chi connectivity index (χ1) is 11.4. The Morgan fingerprint density at radius 3 is 2.62 bits per heavy atom. The molecule has 0 radical (unpaired) electrons. The molecule has 128 valence electrons. The molecule has 1 aromatic heterocycles. The number of ketones is 1. The van der Waals surface area contributed by atoms with Crippen LogP contribution in [0.2, 0.25) is 0 Å². The van der Waals surface area contributed by atoms with Crippen LogP contribution in [0, 0.1) is 0 Å². The van der Waals surface area contributed by atoms with E-state index in [4.69, 9.17) is 10.5 Å². The maximum atomic E-state index is 12.4. The largest absolute Gasteiger partial charge is 0.497 e. The summed E-state index contributed by atoms with van der Waals surface area (Å²) in [7, 11) is 4.34. The molecule has 0 aliphatic rings. The lowest BCUT2D eigenvalue weighted by Crippen LogP contribution is -2.41. The van der Waals surface area contributed by atoms with Gasteiger partial charge in [-0.2, -0.15) is 0 Å². The van der Waals surface area contributed by atoms with Gasteiger partial charge < -0.3 is 10.5 Å². The number of hydrogen-bond acceptors (Lipinski definition) is 6. The molecule has 0 spiro atoms. The highest BCUT2D eigenvalue weighted by atomic mass is 32.2. The Bertz CT molecular complexity index is 886. The Morgan fingerprint density at radius 2 is 1.96 bits per heavy atom. The third kappa shape index (κ3) is 3.53. The van der Waals surface area contributed by atoms with Crippen LogP contribution in [-0.2, 0) is 19.8 Å². The number of rotatable bonds is 6. The fourth-order valence-corrected chi connectivity index (χ4v) is 3.07. The van der Waals surface area contributed by atoms with Crippen LogP contribution in [-0.4, -0.2) is 27.8 Å². The summed E-state index contributed by atoms with van der Waals surface area (Å²) in [6.07, 6.45) is 0. The number of nitrogen functional groups attached to an aromatic ring is 1. The minimum absolute atomic E-state index is 0.0921. The van der Waals surface area contributed by atoms with E-state index in [2.05, 4.69) is 0 Å². The molecule has 0 atom stereocenters. The van der Waals surface area contributed by atoms with Gasteiger partial charge in [-0.25, -0.2) is 4.79 Å². The summed E-state index contributed by atoms with van der Waals surface area (Å²) in [4.78, 5) is 36.3. The lowest BCUT2D eigenvalue weighted by molar-refractivity contribution is 0.102. The molecule has 0 unspecified atom stereocenters. The van der Waals surface area contributed by atoms with Gasteiger partial charge >= 0.3 is 5.69 Å². The van der Waals surface area contributed by atoms with Gasteiger partial charge in [-0.15, -0.1) is 11.8 Å². The SMILES string of the molecule is COc1cccc(CSCC(=O)c2c(N)n(C)c(=O)n(C)c2=O)c1. The molecule has 24 heavy (non-hydrogen) atoms. The van der Waals surface area contributed by atoms with Crippen LogP contribution in [0.15, 0.2) is 33.9 Å². The molecule has 0 saturated carbocycles. The molecule has 2 N–H and O–H groups in total. The number of aromatic nitrogens is 2. The monoisotopic (exact) mass is 349 g/mol. The number of nitrogens with zero attached hydrogens (tertiary/aromatic N) is 2. The summed E-state index contributed by atoms with van der Waals surface area (Å²) in [5.41, 5.74) is 5.42. The zero-order valence-corrected chi connectivity index (χ0v) is 14.6. The molecule has 1 heterocycles. The molecule has 2 rings (SSSR count). The zero-order valence-electron chi connectivity index (χ0n) is 13.7. The van der Waals surface area contributed by atoms with Crippen molar-refractivity contribution in [2.75, 3.05) is 18.6 Å². The van der Waals surface area contributed by atoms with Crippen molar-refractivity contribution < 1.29 is 9.53 Å². The quantitative estimate of drug-likeness (QED) is 0.775. The fourth-order valence-electron chi connectivity index (χ4n) is 2.22. The number of anilines is 1. The predicted octanol–water partition coefficient (Wildman–Crippen LogP) is 0.791. The molecular weight excluding hydrogens is 330 g/mol. The Hall–Kier alpha value is -2.48. The van der Waals surface area contributed by atoms with Crippen LogP contribution in [0.25, 0.3) is 0 Å². The van der Waals surface area contributed by atoms with Crippen LogP contribution in [0.1, 0.15) is 15.9 Å². The van der Waals surface area contributed by atoms with E-state index >= 15 is 0 Å². The third-order valence-electron chi connectivity index (χ3n) is 3.62. The molecule has 8 heteroatoms. The van der Waals surface area contributed by atoms with Crippen molar-refractivity contribution in [3.8, 4) is 5.75 Å². The van der Waals surface area contributed by atoms with Gasteiger partial charge in [-0.3, -0.25) is 18.7 Å². The van der Waals surface area contributed by atoms with E-state index < -0.39 is 17.0 Å². The summed E-state index contributed by atoms with van der Waals surface area (Å²) >= 11 is 1.37. The van der Waals surface area contributed by atoms with Crippen LogP contribution >= 0.6 is 11.8 Å². The molecule has 0 amide bonds. The van der Waals surface area contributed by atoms with E-state index in [1.165, 1.54) is 25.9 Å². The highest BCUT2D eigenvalue weighted by Crippen LogP contribution is 2.19. The van der Waals surface area contributed by atoms with Gasteiger partial charge in [0.15, 0.2) is 5.78 Å². The highest BCUT2D eigenvalue weighted by molar-refractivity contribution is 7.99. The van der Waals surface area contributed by atoms with Gasteiger partial charge in [0.05, 0.1) is 12.9 Å². The number of carbonyl (C=O) groups is 1. The van der Waals surface area contributed by atoms with Gasteiger partial charge in [-0.1, -0.05) is 12.1 Å². The molecule has 0 aliphatic carbocycles. The molecule has 0 saturated heterocycles.